The largest absolute Gasteiger partial charge is 0.395 e. The molecule has 3 nitrogen and oxygen atoms in total. The number of aryl methyl sites for hydroxylation is 1. The quantitative estimate of drug-likeness (QED) is 0.810. The molecule has 0 radical (unpaired) electrons. The van der Waals surface area contributed by atoms with Crippen LogP contribution in [0.5, 0.6) is 0 Å². The van der Waals surface area contributed by atoms with Gasteiger partial charge >= 0.3 is 0 Å². The van der Waals surface area contributed by atoms with Gasteiger partial charge < -0.3 is 10.4 Å². The molecule has 0 spiro atoms. The molecule has 1 rings (SSSR count). The number of amides is 1. The van der Waals surface area contributed by atoms with Gasteiger partial charge in [0, 0.05) is 24.1 Å². The minimum Gasteiger partial charge on any atom is -0.395 e. The number of hydrogen-bond donors (Lipinski definition) is 2. The Balaban J connectivity index is 2.72. The van der Waals surface area contributed by atoms with Gasteiger partial charge in [-0.15, -0.1) is 0 Å². The normalized spacial score (nSPS) is 11.4. The number of rotatable bonds is 5. The first-order valence-electron chi connectivity index (χ1n) is 7.07. The van der Waals surface area contributed by atoms with E-state index in [1.165, 1.54) is 0 Å². The Morgan fingerprint density at radius 2 is 2.20 bits per heavy atom. The van der Waals surface area contributed by atoms with E-state index >= 15 is 0 Å². The number of carbonyl (C=O) groups excluding carboxylic acids is 1. The second-order valence-electron chi connectivity index (χ2n) is 5.03. The van der Waals surface area contributed by atoms with Gasteiger partial charge in [-0.25, -0.2) is 0 Å². The summed E-state index contributed by atoms with van der Waals surface area (Å²) >= 11 is 0. The maximum atomic E-state index is 12.0. The number of hydrogen-bond acceptors (Lipinski definition) is 2. The Hall–Kier alpha value is -1.79. The van der Waals surface area contributed by atoms with E-state index in [2.05, 4.69) is 31.0 Å². The van der Waals surface area contributed by atoms with Crippen LogP contribution in [-0.4, -0.2) is 24.2 Å². The van der Waals surface area contributed by atoms with Crippen LogP contribution in [0.2, 0.25) is 0 Å². The molecule has 0 fully saturated rings. The summed E-state index contributed by atoms with van der Waals surface area (Å²) in [7, 11) is 0. The molecule has 1 amide bonds. The molecular weight excluding hydrogens is 250 g/mol. The zero-order valence-electron chi connectivity index (χ0n) is 12.5. The highest BCUT2D eigenvalue weighted by Gasteiger charge is 2.08. The molecular formula is C17H23NO2. The van der Waals surface area contributed by atoms with E-state index in [-0.39, 0.29) is 12.5 Å². The molecule has 0 bridgehead atoms. The number of nitrogens with one attached hydrogen (secondary N) is 1. The molecule has 1 unspecified atom stereocenters. The van der Waals surface area contributed by atoms with Gasteiger partial charge in [-0.3, -0.25) is 4.79 Å². The first-order chi connectivity index (χ1) is 9.58. The number of benzene rings is 1. The van der Waals surface area contributed by atoms with E-state index in [9.17, 15) is 4.79 Å². The molecule has 0 aliphatic heterocycles. The summed E-state index contributed by atoms with van der Waals surface area (Å²) in [5, 5.41) is 11.6. The lowest BCUT2D eigenvalue weighted by atomic mass is 10.0. The van der Waals surface area contributed by atoms with Gasteiger partial charge in [0.2, 0.25) is 0 Å². The Labute approximate surface area is 121 Å². The Kier molecular flexibility index (Phi) is 6.83. The minimum atomic E-state index is -0.0386. The zero-order valence-corrected chi connectivity index (χ0v) is 12.5. The molecule has 108 valence electrons. The highest BCUT2D eigenvalue weighted by molar-refractivity contribution is 5.94. The van der Waals surface area contributed by atoms with Crippen molar-refractivity contribution >= 4 is 5.91 Å². The summed E-state index contributed by atoms with van der Waals surface area (Å²) in [5.74, 6) is 6.34. The van der Waals surface area contributed by atoms with Crippen molar-refractivity contribution < 1.29 is 9.90 Å². The predicted octanol–water partition coefficient (Wildman–Crippen LogP) is 2.50. The molecule has 1 atom stereocenters. The van der Waals surface area contributed by atoms with Crippen LogP contribution in [0, 0.1) is 24.7 Å². The lowest BCUT2D eigenvalue weighted by molar-refractivity contribution is 0.0947. The summed E-state index contributed by atoms with van der Waals surface area (Å²) < 4.78 is 0. The van der Waals surface area contributed by atoms with Crippen LogP contribution in [0.4, 0.5) is 0 Å². The van der Waals surface area contributed by atoms with Crippen LogP contribution in [0.3, 0.4) is 0 Å². The maximum absolute atomic E-state index is 12.0. The molecule has 1 aromatic carbocycles. The highest BCUT2D eigenvalue weighted by atomic mass is 16.2. The fourth-order valence-corrected chi connectivity index (χ4v) is 1.67. The van der Waals surface area contributed by atoms with Crippen molar-refractivity contribution in [3.63, 3.8) is 0 Å². The van der Waals surface area contributed by atoms with E-state index in [0.29, 0.717) is 24.4 Å². The SMILES string of the molecule is CCC(C)CNC(=O)c1ccc(C#CCCO)c(C)c1. The maximum Gasteiger partial charge on any atom is 0.251 e. The van der Waals surface area contributed by atoms with Crippen LogP contribution in [0.25, 0.3) is 0 Å². The Bertz CT molecular complexity index is 511. The number of carbonyl (C=O) groups is 1. The Morgan fingerprint density at radius 3 is 2.80 bits per heavy atom. The van der Waals surface area contributed by atoms with Crippen molar-refractivity contribution in [1.82, 2.24) is 5.32 Å². The van der Waals surface area contributed by atoms with E-state index in [0.717, 1.165) is 17.5 Å². The summed E-state index contributed by atoms with van der Waals surface area (Å²) in [6.45, 7) is 6.94. The van der Waals surface area contributed by atoms with Gasteiger partial charge in [0.1, 0.15) is 0 Å². The van der Waals surface area contributed by atoms with Gasteiger partial charge in [0.15, 0.2) is 0 Å². The zero-order chi connectivity index (χ0) is 15.0. The first kappa shape index (κ1) is 16.3. The van der Waals surface area contributed by atoms with Crippen molar-refractivity contribution in [2.24, 2.45) is 5.92 Å². The molecule has 0 heterocycles. The van der Waals surface area contributed by atoms with Crippen LogP contribution >= 0.6 is 0 Å². The Morgan fingerprint density at radius 1 is 1.45 bits per heavy atom. The molecule has 2 N–H and O–H groups in total. The highest BCUT2D eigenvalue weighted by Crippen LogP contribution is 2.10. The average Bonchev–Trinajstić information content (AvgIpc) is 2.46. The number of aliphatic hydroxyl groups excluding tert-OH is 1. The standard InChI is InChI=1S/C17H23NO2/c1-4-13(2)12-18-17(20)16-9-8-15(14(3)11-16)7-5-6-10-19/h8-9,11,13,19H,4,6,10,12H2,1-3H3,(H,18,20). The van der Waals surface area contributed by atoms with Gasteiger partial charge in [0.25, 0.3) is 5.91 Å². The van der Waals surface area contributed by atoms with E-state index in [1.807, 2.05) is 19.1 Å². The second kappa shape index (κ2) is 8.39. The molecule has 0 aromatic heterocycles. The van der Waals surface area contributed by atoms with Gasteiger partial charge in [0.05, 0.1) is 6.61 Å². The predicted molar refractivity (Wildman–Crippen MR) is 81.5 cm³/mol. The molecule has 0 aliphatic rings. The molecule has 20 heavy (non-hydrogen) atoms. The number of aliphatic hydroxyl groups is 1. The van der Waals surface area contributed by atoms with Crippen molar-refractivity contribution in [3.05, 3.63) is 34.9 Å². The third-order valence-corrected chi connectivity index (χ3v) is 3.26. The van der Waals surface area contributed by atoms with Crippen LogP contribution in [0.1, 0.15) is 48.2 Å². The first-order valence-corrected chi connectivity index (χ1v) is 7.07. The average molecular weight is 273 g/mol. The topological polar surface area (TPSA) is 49.3 Å². The minimum absolute atomic E-state index is 0.0386. The smallest absolute Gasteiger partial charge is 0.251 e. The lowest BCUT2D eigenvalue weighted by Gasteiger charge is -2.10. The summed E-state index contributed by atoms with van der Waals surface area (Å²) in [4.78, 5) is 12.0. The molecule has 0 saturated carbocycles. The van der Waals surface area contributed by atoms with Gasteiger partial charge in [-0.05, 0) is 36.6 Å². The second-order valence-corrected chi connectivity index (χ2v) is 5.03. The lowest BCUT2D eigenvalue weighted by Crippen LogP contribution is -2.28. The van der Waals surface area contributed by atoms with E-state index < -0.39 is 0 Å². The van der Waals surface area contributed by atoms with Crippen LogP contribution in [-0.2, 0) is 0 Å². The van der Waals surface area contributed by atoms with Crippen molar-refractivity contribution in [2.75, 3.05) is 13.2 Å². The van der Waals surface area contributed by atoms with E-state index in [4.69, 9.17) is 5.11 Å². The van der Waals surface area contributed by atoms with Crippen molar-refractivity contribution in [3.8, 4) is 11.8 Å². The molecule has 1 aromatic rings. The summed E-state index contributed by atoms with van der Waals surface area (Å²) in [6, 6.07) is 5.51. The fraction of sp³-hybridized carbons (Fsp3) is 0.471. The molecule has 0 aliphatic carbocycles. The molecule has 0 saturated heterocycles. The van der Waals surface area contributed by atoms with Crippen molar-refractivity contribution in [1.29, 1.82) is 0 Å². The van der Waals surface area contributed by atoms with Gasteiger partial charge in [-0.2, -0.15) is 0 Å². The molecule has 3 heteroatoms. The monoisotopic (exact) mass is 273 g/mol. The summed E-state index contributed by atoms with van der Waals surface area (Å²) in [6.07, 6.45) is 1.52. The van der Waals surface area contributed by atoms with Crippen LogP contribution in [0.15, 0.2) is 18.2 Å². The third kappa shape index (κ3) is 5.07. The van der Waals surface area contributed by atoms with Gasteiger partial charge in [-0.1, -0.05) is 32.1 Å². The summed E-state index contributed by atoms with van der Waals surface area (Å²) in [5.41, 5.74) is 2.54. The van der Waals surface area contributed by atoms with E-state index in [1.54, 1.807) is 6.07 Å². The third-order valence-electron chi connectivity index (χ3n) is 3.26. The van der Waals surface area contributed by atoms with Crippen LogP contribution < -0.4 is 5.32 Å². The fourth-order valence-electron chi connectivity index (χ4n) is 1.67. The van der Waals surface area contributed by atoms with Crippen molar-refractivity contribution in [2.45, 2.75) is 33.6 Å².